The third-order valence-corrected chi connectivity index (χ3v) is 6.90. The van der Waals surface area contributed by atoms with Crippen LogP contribution in [0.1, 0.15) is 78.1 Å². The first-order valence-corrected chi connectivity index (χ1v) is 11.2. The molecule has 1 saturated heterocycles. The summed E-state index contributed by atoms with van der Waals surface area (Å²) in [7, 11) is 1.28. The molecule has 0 aromatic rings. The Morgan fingerprint density at radius 2 is 1.67 bits per heavy atom. The number of rotatable bonds is 5. The van der Waals surface area contributed by atoms with Gasteiger partial charge in [0.2, 0.25) is 0 Å². The average Bonchev–Trinajstić information content (AvgIpc) is 2.94. The molecule has 1 unspecified atom stereocenters. The van der Waals surface area contributed by atoms with E-state index in [4.69, 9.17) is 4.74 Å². The van der Waals surface area contributed by atoms with Crippen LogP contribution in [0.15, 0.2) is 0 Å². The van der Waals surface area contributed by atoms with E-state index in [0.717, 1.165) is 64.2 Å². The first-order chi connectivity index (χ1) is 14.3. The zero-order valence-electron chi connectivity index (χ0n) is 18.4. The Morgan fingerprint density at radius 1 is 1.10 bits per heavy atom. The summed E-state index contributed by atoms with van der Waals surface area (Å²) in [5.41, 5.74) is -0.971. The normalized spacial score (nSPS) is 25.3. The smallest absolute Gasteiger partial charge is 0.343 e. The lowest BCUT2D eigenvalue weighted by atomic mass is 9.92. The van der Waals surface area contributed by atoms with Gasteiger partial charge >= 0.3 is 18.0 Å². The minimum atomic E-state index is -0.971. The van der Waals surface area contributed by atoms with Crippen molar-refractivity contribution in [2.75, 3.05) is 13.7 Å². The predicted molar refractivity (Wildman–Crippen MR) is 110 cm³/mol. The summed E-state index contributed by atoms with van der Waals surface area (Å²) in [5, 5.41) is 14.6. The Morgan fingerprint density at radius 3 is 2.23 bits per heavy atom. The minimum absolute atomic E-state index is 0.0374. The number of urea groups is 2. The molecule has 9 heteroatoms. The molecule has 2 saturated carbocycles. The van der Waals surface area contributed by atoms with E-state index in [2.05, 4.69) is 5.32 Å². The Balaban J connectivity index is 1.84. The SMILES string of the molecule is COC(=O)CN1C(=O)N(C2CCCCC2)C(N(O)C(=O)NC2CCCCC2)C1(C)C. The number of hydrogen-bond acceptors (Lipinski definition) is 5. The molecule has 0 spiro atoms. The van der Waals surface area contributed by atoms with E-state index in [9.17, 15) is 19.6 Å². The second-order valence-corrected chi connectivity index (χ2v) is 9.30. The molecular formula is C21H36N4O5. The van der Waals surface area contributed by atoms with E-state index in [1.54, 1.807) is 18.7 Å². The molecule has 3 rings (SSSR count). The summed E-state index contributed by atoms with van der Waals surface area (Å²) in [6.45, 7) is 3.33. The van der Waals surface area contributed by atoms with Gasteiger partial charge in [-0.15, -0.1) is 0 Å². The first kappa shape index (κ1) is 22.7. The monoisotopic (exact) mass is 424 g/mol. The van der Waals surface area contributed by atoms with Crippen molar-refractivity contribution in [3.05, 3.63) is 0 Å². The fraction of sp³-hybridized carbons (Fsp3) is 0.857. The van der Waals surface area contributed by atoms with E-state index in [0.29, 0.717) is 5.06 Å². The molecule has 3 aliphatic rings. The van der Waals surface area contributed by atoms with Crippen molar-refractivity contribution in [1.29, 1.82) is 0 Å². The Bertz CT molecular complexity index is 643. The van der Waals surface area contributed by atoms with E-state index >= 15 is 0 Å². The highest BCUT2D eigenvalue weighted by Crippen LogP contribution is 2.39. The number of nitrogens with zero attached hydrogens (tertiary/aromatic N) is 3. The zero-order chi connectivity index (χ0) is 21.9. The molecule has 1 aliphatic heterocycles. The third-order valence-electron chi connectivity index (χ3n) is 6.90. The fourth-order valence-corrected chi connectivity index (χ4v) is 5.17. The number of hydroxylamine groups is 2. The maximum atomic E-state index is 13.4. The van der Waals surface area contributed by atoms with Crippen molar-refractivity contribution in [3.8, 4) is 0 Å². The van der Waals surface area contributed by atoms with Gasteiger partial charge in [-0.3, -0.25) is 14.9 Å². The van der Waals surface area contributed by atoms with Crippen LogP contribution in [0.25, 0.3) is 0 Å². The molecule has 0 bridgehead atoms. The second-order valence-electron chi connectivity index (χ2n) is 9.30. The largest absolute Gasteiger partial charge is 0.468 e. The molecule has 0 aromatic heterocycles. The van der Waals surface area contributed by atoms with Gasteiger partial charge in [0.15, 0.2) is 6.17 Å². The van der Waals surface area contributed by atoms with Gasteiger partial charge < -0.3 is 15.0 Å². The highest BCUT2D eigenvalue weighted by Gasteiger charge is 2.57. The van der Waals surface area contributed by atoms with Gasteiger partial charge in [0.1, 0.15) is 6.54 Å². The van der Waals surface area contributed by atoms with Crippen molar-refractivity contribution in [2.45, 2.75) is 102 Å². The minimum Gasteiger partial charge on any atom is -0.468 e. The van der Waals surface area contributed by atoms with E-state index in [1.807, 2.05) is 0 Å². The summed E-state index contributed by atoms with van der Waals surface area (Å²) < 4.78 is 4.77. The standard InChI is InChI=1S/C21H36N4O5/c1-21(2)18(25(29)19(27)22-15-10-6-4-7-11-15)24(16-12-8-5-9-13-16)20(28)23(21)14-17(26)30-3/h15-16,18,29H,4-14H2,1-3H3,(H,22,27). The number of methoxy groups -OCH3 is 1. The Labute approximate surface area is 178 Å². The summed E-state index contributed by atoms with van der Waals surface area (Å²) in [6.07, 6.45) is 8.94. The van der Waals surface area contributed by atoms with Gasteiger partial charge in [0.25, 0.3) is 0 Å². The van der Waals surface area contributed by atoms with Gasteiger partial charge in [-0.2, -0.15) is 5.06 Å². The quantitative estimate of drug-likeness (QED) is 0.401. The topological polar surface area (TPSA) is 102 Å². The summed E-state index contributed by atoms with van der Waals surface area (Å²) in [6, 6.07) is -0.967. The van der Waals surface area contributed by atoms with Gasteiger partial charge in [-0.05, 0) is 39.5 Å². The molecule has 1 heterocycles. The van der Waals surface area contributed by atoms with Crippen molar-refractivity contribution < 1.29 is 24.3 Å². The van der Waals surface area contributed by atoms with Crippen molar-refractivity contribution >= 4 is 18.0 Å². The first-order valence-electron chi connectivity index (χ1n) is 11.2. The number of nitrogens with one attached hydrogen (secondary N) is 1. The number of hydrogen-bond donors (Lipinski definition) is 2. The molecule has 2 N–H and O–H groups in total. The van der Waals surface area contributed by atoms with Crippen LogP contribution in [-0.2, 0) is 9.53 Å². The predicted octanol–water partition coefficient (Wildman–Crippen LogP) is 3.07. The Kier molecular flexibility index (Phi) is 7.10. The van der Waals surface area contributed by atoms with Crippen LogP contribution >= 0.6 is 0 Å². The molecule has 9 nitrogen and oxygen atoms in total. The lowest BCUT2D eigenvalue weighted by Crippen LogP contribution is -2.61. The zero-order valence-corrected chi connectivity index (χ0v) is 18.4. The average molecular weight is 425 g/mol. The third kappa shape index (κ3) is 4.50. The van der Waals surface area contributed by atoms with Crippen LogP contribution in [0.3, 0.4) is 0 Å². The highest BCUT2D eigenvalue weighted by atomic mass is 16.5. The number of amides is 4. The van der Waals surface area contributed by atoms with E-state index < -0.39 is 23.7 Å². The van der Waals surface area contributed by atoms with Crippen LogP contribution in [0.2, 0.25) is 0 Å². The fourth-order valence-electron chi connectivity index (χ4n) is 5.17. The molecule has 1 atom stereocenters. The summed E-state index contributed by atoms with van der Waals surface area (Å²) in [5.74, 6) is -0.531. The lowest BCUT2D eigenvalue weighted by Gasteiger charge is -2.41. The maximum Gasteiger partial charge on any atom is 0.343 e. The van der Waals surface area contributed by atoms with Crippen LogP contribution in [-0.4, -0.2) is 75.5 Å². The van der Waals surface area contributed by atoms with Crippen LogP contribution in [0.5, 0.6) is 0 Å². The maximum absolute atomic E-state index is 13.4. The molecule has 30 heavy (non-hydrogen) atoms. The van der Waals surface area contributed by atoms with Crippen molar-refractivity contribution in [3.63, 3.8) is 0 Å². The second kappa shape index (κ2) is 9.41. The van der Waals surface area contributed by atoms with Gasteiger partial charge in [-0.1, -0.05) is 38.5 Å². The number of carbonyl (C=O) groups is 3. The van der Waals surface area contributed by atoms with E-state index in [1.165, 1.54) is 12.0 Å². The number of esters is 1. The van der Waals surface area contributed by atoms with Gasteiger partial charge in [-0.25, -0.2) is 9.59 Å². The van der Waals surface area contributed by atoms with E-state index in [-0.39, 0.29) is 24.7 Å². The van der Waals surface area contributed by atoms with Crippen LogP contribution < -0.4 is 5.32 Å². The van der Waals surface area contributed by atoms with Crippen molar-refractivity contribution in [2.24, 2.45) is 0 Å². The molecular weight excluding hydrogens is 388 g/mol. The lowest BCUT2D eigenvalue weighted by molar-refractivity contribution is -0.148. The van der Waals surface area contributed by atoms with Crippen LogP contribution in [0, 0.1) is 0 Å². The molecule has 0 radical (unpaired) electrons. The van der Waals surface area contributed by atoms with Crippen molar-refractivity contribution in [1.82, 2.24) is 20.2 Å². The molecule has 2 aliphatic carbocycles. The number of carbonyl (C=O) groups excluding carboxylic acids is 3. The molecule has 170 valence electrons. The summed E-state index contributed by atoms with van der Waals surface area (Å²) >= 11 is 0. The van der Waals surface area contributed by atoms with Crippen LogP contribution in [0.4, 0.5) is 9.59 Å². The molecule has 0 aromatic carbocycles. The van der Waals surface area contributed by atoms with Gasteiger partial charge in [0.05, 0.1) is 12.6 Å². The van der Waals surface area contributed by atoms with Gasteiger partial charge in [0, 0.05) is 12.1 Å². The molecule has 3 fully saturated rings. The molecule has 4 amide bonds. The highest BCUT2D eigenvalue weighted by molar-refractivity contribution is 5.85. The summed E-state index contributed by atoms with van der Waals surface area (Å²) in [4.78, 5) is 41.3. The Hall–Kier alpha value is -2.03. The number of ether oxygens (including phenoxy) is 1.